The first-order valence-corrected chi connectivity index (χ1v) is 12.0. The van der Waals surface area contributed by atoms with Gasteiger partial charge in [-0.25, -0.2) is 4.98 Å². The van der Waals surface area contributed by atoms with E-state index >= 15 is 0 Å². The van der Waals surface area contributed by atoms with Gasteiger partial charge in [0.2, 0.25) is 5.88 Å². The number of ether oxygens (including phenoxy) is 3. The first-order valence-electron chi connectivity index (χ1n) is 12.0. The van der Waals surface area contributed by atoms with Gasteiger partial charge in [-0.15, -0.1) is 0 Å². The summed E-state index contributed by atoms with van der Waals surface area (Å²) in [6, 6.07) is 18.3. The van der Waals surface area contributed by atoms with E-state index in [1.54, 1.807) is 7.11 Å². The lowest BCUT2D eigenvalue weighted by atomic mass is 9.98. The summed E-state index contributed by atoms with van der Waals surface area (Å²) in [5.74, 6) is 2.77. The molecule has 2 aliphatic rings. The van der Waals surface area contributed by atoms with E-state index < -0.39 is 0 Å². The van der Waals surface area contributed by atoms with E-state index in [9.17, 15) is 0 Å². The highest BCUT2D eigenvalue weighted by molar-refractivity contribution is 5.74. The maximum absolute atomic E-state index is 5.86. The zero-order valence-corrected chi connectivity index (χ0v) is 19.6. The molecule has 1 fully saturated rings. The smallest absolute Gasteiger partial charge is 0.238 e. The molecular formula is C27H32N4O3. The predicted molar refractivity (Wildman–Crippen MR) is 134 cm³/mol. The average molecular weight is 461 g/mol. The molecule has 0 radical (unpaired) electrons. The summed E-state index contributed by atoms with van der Waals surface area (Å²) < 4.78 is 17.2. The summed E-state index contributed by atoms with van der Waals surface area (Å²) in [6.07, 6.45) is 2.50. The number of para-hydroxylation sites is 1. The van der Waals surface area contributed by atoms with Crippen LogP contribution in [0.25, 0.3) is 11.3 Å². The molecule has 7 nitrogen and oxygen atoms in total. The molecule has 1 aromatic heterocycles. The molecule has 0 atom stereocenters. The highest BCUT2D eigenvalue weighted by Crippen LogP contribution is 2.40. The molecular weight excluding hydrogens is 428 g/mol. The molecule has 2 aromatic carbocycles. The van der Waals surface area contributed by atoms with E-state index in [1.165, 1.54) is 18.4 Å². The molecule has 178 valence electrons. The molecule has 0 bridgehead atoms. The fourth-order valence-electron chi connectivity index (χ4n) is 4.54. The average Bonchev–Trinajstić information content (AvgIpc) is 2.89. The number of nitrogens with zero attached hydrogens (tertiary/aromatic N) is 1. The molecule has 5 rings (SSSR count). The number of hydrogen-bond donors (Lipinski definition) is 3. The van der Waals surface area contributed by atoms with Gasteiger partial charge in [0.05, 0.1) is 12.8 Å². The summed E-state index contributed by atoms with van der Waals surface area (Å²) in [5, 5.41) is 10.5. The van der Waals surface area contributed by atoms with Crippen molar-refractivity contribution in [2.24, 2.45) is 5.92 Å². The predicted octanol–water partition coefficient (Wildman–Crippen LogP) is 4.36. The number of nitrogens with one attached hydrogen (secondary N) is 3. The normalized spacial score (nSPS) is 15.7. The lowest BCUT2D eigenvalue weighted by Crippen LogP contribution is -2.33. The van der Waals surface area contributed by atoms with Gasteiger partial charge < -0.3 is 30.2 Å². The molecule has 0 saturated carbocycles. The van der Waals surface area contributed by atoms with Crippen LogP contribution in [0.4, 0.5) is 11.4 Å². The number of piperidine rings is 1. The van der Waals surface area contributed by atoms with Crippen molar-refractivity contribution in [3.05, 3.63) is 60.2 Å². The Labute approximate surface area is 200 Å². The lowest BCUT2D eigenvalue weighted by Gasteiger charge is -2.22. The molecule has 7 heteroatoms. The van der Waals surface area contributed by atoms with Crippen molar-refractivity contribution in [3.8, 4) is 28.6 Å². The maximum Gasteiger partial charge on any atom is 0.238 e. The summed E-state index contributed by atoms with van der Waals surface area (Å²) in [6.45, 7) is 5.28. The van der Waals surface area contributed by atoms with Gasteiger partial charge in [0, 0.05) is 17.8 Å². The second-order valence-corrected chi connectivity index (χ2v) is 8.73. The molecule has 0 aliphatic carbocycles. The Bertz CT molecular complexity index is 1110. The van der Waals surface area contributed by atoms with Crippen LogP contribution in [0, 0.1) is 5.92 Å². The minimum absolute atomic E-state index is 0.529. The van der Waals surface area contributed by atoms with E-state index in [1.807, 2.05) is 30.3 Å². The van der Waals surface area contributed by atoms with Gasteiger partial charge in [-0.3, -0.25) is 0 Å². The van der Waals surface area contributed by atoms with Crippen molar-refractivity contribution < 1.29 is 14.2 Å². The van der Waals surface area contributed by atoms with E-state index in [2.05, 4.69) is 40.2 Å². The Kier molecular flexibility index (Phi) is 7.12. The number of aromatic nitrogens is 1. The summed E-state index contributed by atoms with van der Waals surface area (Å²) in [7, 11) is 1.64. The highest BCUT2D eigenvalue weighted by atomic mass is 16.6. The maximum atomic E-state index is 5.86. The van der Waals surface area contributed by atoms with Gasteiger partial charge in [0.15, 0.2) is 11.5 Å². The molecule has 0 amide bonds. The van der Waals surface area contributed by atoms with Crippen molar-refractivity contribution >= 4 is 11.4 Å². The highest BCUT2D eigenvalue weighted by Gasteiger charge is 2.19. The SMILES string of the molecule is COc1nc(-c2cccc3c2OCCO3)ccc1Nc1cccc(CNCC2CCNCC2)c1. The van der Waals surface area contributed by atoms with Gasteiger partial charge in [0.1, 0.15) is 18.9 Å². The van der Waals surface area contributed by atoms with E-state index in [0.29, 0.717) is 19.1 Å². The van der Waals surface area contributed by atoms with E-state index in [4.69, 9.17) is 19.2 Å². The third-order valence-corrected chi connectivity index (χ3v) is 6.32. The minimum atomic E-state index is 0.529. The van der Waals surface area contributed by atoms with Crippen molar-refractivity contribution in [1.82, 2.24) is 15.6 Å². The molecule has 1 saturated heterocycles. The van der Waals surface area contributed by atoms with Gasteiger partial charge in [0.25, 0.3) is 0 Å². The number of fused-ring (bicyclic) bond motifs is 1. The zero-order chi connectivity index (χ0) is 23.2. The van der Waals surface area contributed by atoms with Gasteiger partial charge >= 0.3 is 0 Å². The fraction of sp³-hybridized carbons (Fsp3) is 0.370. The Hall–Kier alpha value is -3.29. The van der Waals surface area contributed by atoms with Crippen LogP contribution in [0.15, 0.2) is 54.6 Å². The minimum Gasteiger partial charge on any atom is -0.486 e. The van der Waals surface area contributed by atoms with Crippen molar-refractivity contribution in [3.63, 3.8) is 0 Å². The Morgan fingerprint density at radius 3 is 2.76 bits per heavy atom. The third kappa shape index (κ3) is 5.26. The molecule has 34 heavy (non-hydrogen) atoms. The van der Waals surface area contributed by atoms with E-state index in [-0.39, 0.29) is 0 Å². The molecule has 2 aliphatic heterocycles. The van der Waals surface area contributed by atoms with Crippen LogP contribution in [-0.2, 0) is 6.54 Å². The van der Waals surface area contributed by atoms with Gasteiger partial charge in [-0.05, 0) is 80.4 Å². The van der Waals surface area contributed by atoms with Crippen LogP contribution < -0.4 is 30.2 Å². The van der Waals surface area contributed by atoms with Crippen LogP contribution in [0.2, 0.25) is 0 Å². The molecule has 0 unspecified atom stereocenters. The zero-order valence-electron chi connectivity index (χ0n) is 19.6. The van der Waals surface area contributed by atoms with Gasteiger partial charge in [-0.1, -0.05) is 18.2 Å². The van der Waals surface area contributed by atoms with Crippen molar-refractivity contribution in [2.75, 3.05) is 45.3 Å². The van der Waals surface area contributed by atoms with Crippen LogP contribution in [0.1, 0.15) is 18.4 Å². The topological polar surface area (TPSA) is 76.7 Å². The number of hydrogen-bond acceptors (Lipinski definition) is 7. The molecule has 3 N–H and O–H groups in total. The third-order valence-electron chi connectivity index (χ3n) is 6.32. The monoisotopic (exact) mass is 460 g/mol. The molecule has 3 aromatic rings. The lowest BCUT2D eigenvalue weighted by molar-refractivity contribution is 0.172. The Balaban J connectivity index is 1.28. The van der Waals surface area contributed by atoms with Crippen LogP contribution in [0.3, 0.4) is 0 Å². The fourth-order valence-corrected chi connectivity index (χ4v) is 4.54. The quantitative estimate of drug-likeness (QED) is 0.461. The largest absolute Gasteiger partial charge is 0.486 e. The van der Waals surface area contributed by atoms with Crippen LogP contribution >= 0.6 is 0 Å². The number of pyridine rings is 1. The van der Waals surface area contributed by atoms with E-state index in [0.717, 1.165) is 66.2 Å². The standard InChI is InChI=1S/C27H32N4O3/c1-32-27-24(9-8-23(31-27)22-6-3-7-25-26(22)34-15-14-33-25)30-21-5-2-4-20(16-21)18-29-17-19-10-12-28-13-11-19/h2-9,16,19,28-30H,10-15,17-18H2,1H3. The van der Waals surface area contributed by atoms with Gasteiger partial charge in [-0.2, -0.15) is 0 Å². The van der Waals surface area contributed by atoms with Crippen LogP contribution in [0.5, 0.6) is 17.4 Å². The first-order chi connectivity index (χ1) is 16.8. The molecule has 0 spiro atoms. The Morgan fingerprint density at radius 2 is 1.88 bits per heavy atom. The number of anilines is 2. The number of benzene rings is 2. The Morgan fingerprint density at radius 1 is 1.03 bits per heavy atom. The second kappa shape index (κ2) is 10.8. The first kappa shape index (κ1) is 22.5. The van der Waals surface area contributed by atoms with Crippen molar-refractivity contribution in [2.45, 2.75) is 19.4 Å². The summed E-state index contributed by atoms with van der Waals surface area (Å²) >= 11 is 0. The van der Waals surface area contributed by atoms with Crippen molar-refractivity contribution in [1.29, 1.82) is 0 Å². The summed E-state index contributed by atoms with van der Waals surface area (Å²) in [5.41, 5.74) is 4.73. The van der Waals surface area contributed by atoms with Crippen LogP contribution in [-0.4, -0.2) is 44.9 Å². The summed E-state index contributed by atoms with van der Waals surface area (Å²) in [4.78, 5) is 4.75. The number of rotatable bonds is 8. The number of methoxy groups -OCH3 is 1. The molecule has 3 heterocycles. The second-order valence-electron chi connectivity index (χ2n) is 8.73.